The summed E-state index contributed by atoms with van der Waals surface area (Å²) in [5.41, 5.74) is 6.38. The third-order valence-corrected chi connectivity index (χ3v) is 6.53. The van der Waals surface area contributed by atoms with E-state index in [1.54, 1.807) is 0 Å². The van der Waals surface area contributed by atoms with Gasteiger partial charge in [-0.15, -0.1) is 11.3 Å². The van der Waals surface area contributed by atoms with Crippen LogP contribution in [0.3, 0.4) is 0 Å². The normalized spacial score (nSPS) is 12.8. The maximum atomic E-state index is 12.5. The van der Waals surface area contributed by atoms with E-state index >= 15 is 0 Å². The van der Waals surface area contributed by atoms with Gasteiger partial charge < -0.3 is 5.73 Å². The number of thiophene rings is 1. The van der Waals surface area contributed by atoms with Gasteiger partial charge in [0, 0.05) is 18.0 Å². The van der Waals surface area contributed by atoms with Gasteiger partial charge in [-0.1, -0.05) is 40.0 Å². The van der Waals surface area contributed by atoms with Crippen LogP contribution in [0.4, 0.5) is 0 Å². The number of rotatable bonds is 9. The molecule has 0 atom stereocenters. The van der Waals surface area contributed by atoms with Crippen molar-refractivity contribution in [3.63, 3.8) is 0 Å². The Bertz CT molecular complexity index is 548. The van der Waals surface area contributed by atoms with E-state index in [0.29, 0.717) is 11.4 Å². The van der Waals surface area contributed by atoms with Crippen LogP contribution in [0, 0.1) is 12.3 Å². The zero-order valence-electron chi connectivity index (χ0n) is 13.5. The van der Waals surface area contributed by atoms with Crippen molar-refractivity contribution in [2.24, 2.45) is 11.1 Å². The molecule has 1 aromatic rings. The Morgan fingerprint density at radius 3 is 2.57 bits per heavy atom. The zero-order chi connectivity index (χ0) is 16.1. The van der Waals surface area contributed by atoms with Crippen LogP contribution in [-0.2, 0) is 16.6 Å². The molecule has 0 saturated heterocycles. The molecule has 21 heavy (non-hydrogen) atoms. The highest BCUT2D eigenvalue weighted by molar-refractivity contribution is 7.89. The van der Waals surface area contributed by atoms with Crippen molar-refractivity contribution >= 4 is 21.4 Å². The molecule has 3 N–H and O–H groups in total. The molecule has 0 unspecified atom stereocenters. The van der Waals surface area contributed by atoms with E-state index in [1.165, 1.54) is 24.2 Å². The lowest BCUT2D eigenvalue weighted by Crippen LogP contribution is -2.34. The first kappa shape index (κ1) is 18.6. The van der Waals surface area contributed by atoms with Crippen molar-refractivity contribution in [2.45, 2.75) is 64.8 Å². The average molecular weight is 333 g/mol. The second-order valence-corrected chi connectivity index (χ2v) is 8.99. The molecule has 0 fully saturated rings. The summed E-state index contributed by atoms with van der Waals surface area (Å²) in [7, 11) is -3.47. The van der Waals surface area contributed by atoms with Gasteiger partial charge in [0.1, 0.15) is 4.90 Å². The van der Waals surface area contributed by atoms with Gasteiger partial charge in [0.2, 0.25) is 10.0 Å². The molecule has 0 aliphatic carbocycles. The summed E-state index contributed by atoms with van der Waals surface area (Å²) in [5, 5.41) is 1.85. The van der Waals surface area contributed by atoms with E-state index in [2.05, 4.69) is 25.5 Å². The molecule has 0 aliphatic rings. The van der Waals surface area contributed by atoms with Crippen molar-refractivity contribution in [2.75, 3.05) is 6.54 Å². The fourth-order valence-corrected chi connectivity index (χ4v) is 5.23. The SMILES string of the molecule is CCCCCC(C)(C)CNS(=O)(=O)c1c(C)csc1CN. The lowest BCUT2D eigenvalue weighted by Gasteiger charge is -2.25. The predicted octanol–water partition coefficient (Wildman–Crippen LogP) is 3.40. The minimum atomic E-state index is -3.47. The molecular weight excluding hydrogens is 304 g/mol. The maximum Gasteiger partial charge on any atom is 0.242 e. The molecule has 1 heterocycles. The molecule has 0 spiro atoms. The molecule has 4 nitrogen and oxygen atoms in total. The molecule has 0 saturated carbocycles. The van der Waals surface area contributed by atoms with Gasteiger partial charge >= 0.3 is 0 Å². The van der Waals surface area contributed by atoms with Gasteiger partial charge in [0.25, 0.3) is 0 Å². The number of nitrogens with one attached hydrogen (secondary N) is 1. The smallest absolute Gasteiger partial charge is 0.242 e. The molecule has 1 rings (SSSR count). The Hall–Kier alpha value is -0.430. The molecule has 0 amide bonds. The van der Waals surface area contributed by atoms with Crippen LogP contribution in [-0.4, -0.2) is 15.0 Å². The van der Waals surface area contributed by atoms with Crippen LogP contribution in [0.5, 0.6) is 0 Å². The Morgan fingerprint density at radius 1 is 1.33 bits per heavy atom. The van der Waals surface area contributed by atoms with Crippen LogP contribution in [0.2, 0.25) is 0 Å². The van der Waals surface area contributed by atoms with E-state index in [-0.39, 0.29) is 12.0 Å². The Balaban J connectivity index is 2.75. The summed E-state index contributed by atoms with van der Waals surface area (Å²) in [6.45, 7) is 8.91. The number of hydrogen-bond donors (Lipinski definition) is 2. The molecule has 122 valence electrons. The second kappa shape index (κ2) is 7.72. The monoisotopic (exact) mass is 332 g/mol. The van der Waals surface area contributed by atoms with Crippen LogP contribution in [0.25, 0.3) is 0 Å². The largest absolute Gasteiger partial charge is 0.326 e. The lowest BCUT2D eigenvalue weighted by molar-refractivity contribution is 0.320. The molecular formula is C15H28N2O2S2. The maximum absolute atomic E-state index is 12.5. The Labute approximate surface area is 133 Å². The van der Waals surface area contributed by atoms with Crippen molar-refractivity contribution in [1.82, 2.24) is 4.72 Å². The Kier molecular flexibility index (Phi) is 6.84. The zero-order valence-corrected chi connectivity index (χ0v) is 15.2. The fraction of sp³-hybridized carbons (Fsp3) is 0.733. The van der Waals surface area contributed by atoms with Gasteiger partial charge in [-0.25, -0.2) is 13.1 Å². The molecule has 6 heteroatoms. The van der Waals surface area contributed by atoms with Crippen molar-refractivity contribution < 1.29 is 8.42 Å². The van der Waals surface area contributed by atoms with Crippen molar-refractivity contribution in [3.05, 3.63) is 15.8 Å². The topological polar surface area (TPSA) is 72.2 Å². The Morgan fingerprint density at radius 2 is 2.00 bits per heavy atom. The van der Waals surface area contributed by atoms with Crippen LogP contribution < -0.4 is 10.5 Å². The minimum absolute atomic E-state index is 0.0327. The lowest BCUT2D eigenvalue weighted by atomic mass is 9.87. The quantitative estimate of drug-likeness (QED) is 0.681. The molecule has 0 bridgehead atoms. The average Bonchev–Trinajstić information content (AvgIpc) is 2.79. The molecule has 1 aromatic heterocycles. The van der Waals surface area contributed by atoms with Crippen LogP contribution >= 0.6 is 11.3 Å². The molecule has 0 radical (unpaired) electrons. The van der Waals surface area contributed by atoms with Gasteiger partial charge in [0.05, 0.1) is 0 Å². The van der Waals surface area contributed by atoms with Crippen molar-refractivity contribution in [3.8, 4) is 0 Å². The van der Waals surface area contributed by atoms with E-state index in [4.69, 9.17) is 5.73 Å². The predicted molar refractivity (Wildman–Crippen MR) is 90.1 cm³/mol. The van der Waals surface area contributed by atoms with Gasteiger partial charge in [-0.05, 0) is 29.7 Å². The summed E-state index contributed by atoms with van der Waals surface area (Å²) in [6, 6.07) is 0. The standard InChI is InChI=1S/C15H28N2O2S2/c1-5-6-7-8-15(3,4)11-17-21(18,19)14-12(2)10-20-13(14)9-16/h10,17H,5-9,11,16H2,1-4H3. The summed E-state index contributed by atoms with van der Waals surface area (Å²) in [6.07, 6.45) is 4.53. The van der Waals surface area contributed by atoms with E-state index in [1.807, 2.05) is 12.3 Å². The van der Waals surface area contributed by atoms with Gasteiger partial charge in [-0.2, -0.15) is 0 Å². The van der Waals surface area contributed by atoms with E-state index in [9.17, 15) is 8.42 Å². The molecule has 0 aliphatic heterocycles. The number of hydrogen-bond acceptors (Lipinski definition) is 4. The number of unbranched alkanes of at least 4 members (excludes halogenated alkanes) is 2. The summed E-state index contributed by atoms with van der Waals surface area (Å²) < 4.78 is 27.8. The summed E-state index contributed by atoms with van der Waals surface area (Å²) in [4.78, 5) is 1.10. The number of sulfonamides is 1. The fourth-order valence-electron chi connectivity index (χ4n) is 2.29. The third kappa shape index (κ3) is 5.36. The van der Waals surface area contributed by atoms with E-state index < -0.39 is 10.0 Å². The first-order valence-electron chi connectivity index (χ1n) is 7.50. The van der Waals surface area contributed by atoms with Gasteiger partial charge in [0.15, 0.2) is 0 Å². The third-order valence-electron chi connectivity index (χ3n) is 3.64. The van der Waals surface area contributed by atoms with E-state index in [0.717, 1.165) is 23.3 Å². The number of nitrogens with two attached hydrogens (primary N) is 1. The second-order valence-electron chi connectivity index (χ2n) is 6.32. The first-order chi connectivity index (χ1) is 9.73. The number of aryl methyl sites for hydroxylation is 1. The molecule has 0 aromatic carbocycles. The summed E-state index contributed by atoms with van der Waals surface area (Å²) in [5.74, 6) is 0. The van der Waals surface area contributed by atoms with Crippen LogP contribution in [0.1, 0.15) is 56.9 Å². The minimum Gasteiger partial charge on any atom is -0.326 e. The summed E-state index contributed by atoms with van der Waals surface area (Å²) >= 11 is 1.41. The van der Waals surface area contributed by atoms with Gasteiger partial charge in [-0.3, -0.25) is 0 Å². The highest BCUT2D eigenvalue weighted by Crippen LogP contribution is 2.28. The highest BCUT2D eigenvalue weighted by atomic mass is 32.2. The first-order valence-corrected chi connectivity index (χ1v) is 9.86. The van der Waals surface area contributed by atoms with Crippen molar-refractivity contribution in [1.29, 1.82) is 0 Å². The highest BCUT2D eigenvalue weighted by Gasteiger charge is 2.25. The van der Waals surface area contributed by atoms with Crippen LogP contribution in [0.15, 0.2) is 10.3 Å².